The Morgan fingerprint density at radius 2 is 2.06 bits per heavy atom. The average Bonchev–Trinajstić information content (AvgIpc) is 2.34. The fourth-order valence-corrected chi connectivity index (χ4v) is 2.51. The number of hydrogen-bond acceptors (Lipinski definition) is 2. The zero-order valence-electron chi connectivity index (χ0n) is 10.6. The van der Waals surface area contributed by atoms with E-state index in [2.05, 4.69) is 47.2 Å². The van der Waals surface area contributed by atoms with E-state index in [0.717, 1.165) is 19.8 Å². The summed E-state index contributed by atoms with van der Waals surface area (Å²) in [6, 6.07) is 4.39. The monoisotopic (exact) mass is 297 g/mol. The van der Waals surface area contributed by atoms with Crippen molar-refractivity contribution < 1.29 is 4.74 Å². The summed E-state index contributed by atoms with van der Waals surface area (Å²) in [5.74, 6) is 0.660. The number of ether oxygens (including phenoxy) is 1. The van der Waals surface area contributed by atoms with E-state index < -0.39 is 0 Å². The molecule has 1 saturated heterocycles. The highest BCUT2D eigenvalue weighted by Gasteiger charge is 2.13. The van der Waals surface area contributed by atoms with Crippen molar-refractivity contribution in [1.82, 2.24) is 0 Å². The van der Waals surface area contributed by atoms with E-state index in [4.69, 9.17) is 4.74 Å². The molecule has 0 radical (unpaired) electrons. The summed E-state index contributed by atoms with van der Waals surface area (Å²) in [5, 5.41) is 3.52. The largest absolute Gasteiger partial charge is 0.385 e. The van der Waals surface area contributed by atoms with E-state index >= 15 is 0 Å². The first-order valence-electron chi connectivity index (χ1n) is 6.25. The second kappa shape index (κ2) is 5.87. The van der Waals surface area contributed by atoms with Gasteiger partial charge in [0, 0.05) is 23.3 Å². The molecule has 17 heavy (non-hydrogen) atoms. The molecule has 0 amide bonds. The van der Waals surface area contributed by atoms with Gasteiger partial charge in [0.05, 0.1) is 6.61 Å². The Labute approximate surface area is 112 Å². The lowest BCUT2D eigenvalue weighted by Crippen LogP contribution is -2.24. The first kappa shape index (κ1) is 12.9. The molecule has 0 aromatic heterocycles. The molecule has 1 aromatic carbocycles. The van der Waals surface area contributed by atoms with Crippen LogP contribution in [0.2, 0.25) is 0 Å². The molecular weight excluding hydrogens is 278 g/mol. The molecule has 0 saturated carbocycles. The molecule has 1 atom stereocenters. The van der Waals surface area contributed by atoms with Gasteiger partial charge in [-0.1, -0.05) is 15.9 Å². The molecule has 94 valence electrons. The first-order chi connectivity index (χ1) is 8.16. The second-order valence-corrected chi connectivity index (χ2v) is 5.68. The van der Waals surface area contributed by atoms with Crippen LogP contribution in [0.3, 0.4) is 0 Å². The van der Waals surface area contributed by atoms with Crippen molar-refractivity contribution in [3.63, 3.8) is 0 Å². The predicted molar refractivity (Wildman–Crippen MR) is 75.6 cm³/mol. The lowest BCUT2D eigenvalue weighted by atomic mass is 10.0. The van der Waals surface area contributed by atoms with Crippen LogP contribution in [0, 0.1) is 19.8 Å². The van der Waals surface area contributed by atoms with E-state index in [0.29, 0.717) is 5.92 Å². The van der Waals surface area contributed by atoms with Crippen LogP contribution in [0.5, 0.6) is 0 Å². The minimum absolute atomic E-state index is 0.660. The van der Waals surface area contributed by atoms with E-state index in [1.165, 1.54) is 34.1 Å². The molecule has 1 aromatic rings. The molecule has 1 fully saturated rings. The molecule has 1 aliphatic heterocycles. The Bertz CT molecular complexity index is 363. The number of rotatable bonds is 3. The van der Waals surface area contributed by atoms with Crippen molar-refractivity contribution in [3.8, 4) is 0 Å². The van der Waals surface area contributed by atoms with Gasteiger partial charge < -0.3 is 10.1 Å². The second-order valence-electron chi connectivity index (χ2n) is 4.89. The average molecular weight is 298 g/mol. The standard InChI is InChI=1S/C14H20BrNO/c1-10-6-13(7-11(2)14(10)15)16-8-12-4-3-5-17-9-12/h6-7,12,16H,3-5,8-9H2,1-2H3. The van der Waals surface area contributed by atoms with Crippen LogP contribution in [0.1, 0.15) is 24.0 Å². The van der Waals surface area contributed by atoms with Crippen molar-refractivity contribution in [2.24, 2.45) is 5.92 Å². The van der Waals surface area contributed by atoms with Crippen molar-refractivity contribution in [3.05, 3.63) is 27.7 Å². The first-order valence-corrected chi connectivity index (χ1v) is 7.04. The molecule has 0 bridgehead atoms. The smallest absolute Gasteiger partial charge is 0.0511 e. The lowest BCUT2D eigenvalue weighted by Gasteiger charge is -2.23. The van der Waals surface area contributed by atoms with Crippen LogP contribution < -0.4 is 5.32 Å². The maximum atomic E-state index is 5.49. The zero-order chi connectivity index (χ0) is 12.3. The Balaban J connectivity index is 1.94. The molecule has 1 unspecified atom stereocenters. The van der Waals surface area contributed by atoms with Gasteiger partial charge in [-0.25, -0.2) is 0 Å². The van der Waals surface area contributed by atoms with Crippen molar-refractivity contribution in [2.45, 2.75) is 26.7 Å². The number of benzene rings is 1. The highest BCUT2D eigenvalue weighted by atomic mass is 79.9. The molecule has 2 nitrogen and oxygen atoms in total. The number of halogens is 1. The molecular formula is C14H20BrNO. The third-order valence-corrected chi connectivity index (χ3v) is 4.54. The molecule has 0 aliphatic carbocycles. The third-order valence-electron chi connectivity index (χ3n) is 3.29. The van der Waals surface area contributed by atoms with Crippen molar-refractivity contribution in [1.29, 1.82) is 0 Å². The minimum Gasteiger partial charge on any atom is -0.385 e. The maximum absolute atomic E-state index is 5.49. The number of hydrogen-bond donors (Lipinski definition) is 1. The summed E-state index contributed by atoms with van der Waals surface area (Å²) < 4.78 is 6.70. The van der Waals surface area contributed by atoms with Gasteiger partial charge >= 0.3 is 0 Å². The molecule has 1 heterocycles. The van der Waals surface area contributed by atoms with Crippen LogP contribution in [-0.2, 0) is 4.74 Å². The van der Waals surface area contributed by atoms with Gasteiger partial charge in [-0.05, 0) is 55.9 Å². The van der Waals surface area contributed by atoms with Gasteiger partial charge in [0.15, 0.2) is 0 Å². The zero-order valence-corrected chi connectivity index (χ0v) is 12.1. The molecule has 1 N–H and O–H groups in total. The summed E-state index contributed by atoms with van der Waals surface area (Å²) in [6.45, 7) is 7.12. The Morgan fingerprint density at radius 3 is 2.65 bits per heavy atom. The minimum atomic E-state index is 0.660. The molecule has 2 rings (SSSR count). The van der Waals surface area contributed by atoms with Gasteiger partial charge in [0.25, 0.3) is 0 Å². The SMILES string of the molecule is Cc1cc(NCC2CCCOC2)cc(C)c1Br. The number of aryl methyl sites for hydroxylation is 2. The van der Waals surface area contributed by atoms with Crippen molar-refractivity contribution >= 4 is 21.6 Å². The third kappa shape index (κ3) is 3.46. The summed E-state index contributed by atoms with van der Waals surface area (Å²) in [5.41, 5.74) is 3.79. The highest BCUT2D eigenvalue weighted by Crippen LogP contribution is 2.25. The lowest BCUT2D eigenvalue weighted by molar-refractivity contribution is 0.0595. The number of nitrogens with one attached hydrogen (secondary N) is 1. The van der Waals surface area contributed by atoms with Crippen molar-refractivity contribution in [2.75, 3.05) is 25.1 Å². The summed E-state index contributed by atoms with van der Waals surface area (Å²) >= 11 is 3.59. The Morgan fingerprint density at radius 1 is 1.35 bits per heavy atom. The topological polar surface area (TPSA) is 21.3 Å². The fraction of sp³-hybridized carbons (Fsp3) is 0.571. The van der Waals surface area contributed by atoms with Crippen LogP contribution in [0.4, 0.5) is 5.69 Å². The van der Waals surface area contributed by atoms with Gasteiger partial charge in [0.1, 0.15) is 0 Å². The normalized spacial score (nSPS) is 20.3. The van der Waals surface area contributed by atoms with Gasteiger partial charge in [-0.15, -0.1) is 0 Å². The van der Waals surface area contributed by atoms with Crippen LogP contribution >= 0.6 is 15.9 Å². The number of anilines is 1. The molecule has 3 heteroatoms. The Kier molecular flexibility index (Phi) is 4.46. The summed E-state index contributed by atoms with van der Waals surface area (Å²) in [7, 11) is 0. The summed E-state index contributed by atoms with van der Waals surface area (Å²) in [6.07, 6.45) is 2.48. The highest BCUT2D eigenvalue weighted by molar-refractivity contribution is 9.10. The summed E-state index contributed by atoms with van der Waals surface area (Å²) in [4.78, 5) is 0. The van der Waals surface area contributed by atoms with E-state index in [9.17, 15) is 0 Å². The van der Waals surface area contributed by atoms with E-state index in [1.807, 2.05) is 0 Å². The molecule has 1 aliphatic rings. The van der Waals surface area contributed by atoms with Gasteiger partial charge in [0.2, 0.25) is 0 Å². The van der Waals surface area contributed by atoms with Gasteiger partial charge in [-0.2, -0.15) is 0 Å². The molecule has 0 spiro atoms. The Hall–Kier alpha value is -0.540. The van der Waals surface area contributed by atoms with E-state index in [1.54, 1.807) is 0 Å². The van der Waals surface area contributed by atoms with Crippen LogP contribution in [0.25, 0.3) is 0 Å². The van der Waals surface area contributed by atoms with Crippen LogP contribution in [-0.4, -0.2) is 19.8 Å². The predicted octanol–water partition coefficient (Wildman–Crippen LogP) is 3.90. The maximum Gasteiger partial charge on any atom is 0.0511 e. The van der Waals surface area contributed by atoms with Crippen LogP contribution in [0.15, 0.2) is 16.6 Å². The van der Waals surface area contributed by atoms with Gasteiger partial charge in [-0.3, -0.25) is 0 Å². The fourth-order valence-electron chi connectivity index (χ4n) is 2.28. The van der Waals surface area contributed by atoms with E-state index in [-0.39, 0.29) is 0 Å². The quantitative estimate of drug-likeness (QED) is 0.913.